The second-order valence-corrected chi connectivity index (χ2v) is 5.62. The Kier molecular flexibility index (Phi) is 3.71. The van der Waals surface area contributed by atoms with E-state index < -0.39 is 0 Å². The van der Waals surface area contributed by atoms with Crippen molar-refractivity contribution >= 4 is 16.9 Å². The maximum absolute atomic E-state index is 12.4. The van der Waals surface area contributed by atoms with E-state index in [1.54, 1.807) is 12.5 Å². The molecule has 0 spiro atoms. The summed E-state index contributed by atoms with van der Waals surface area (Å²) >= 11 is 0. The van der Waals surface area contributed by atoms with E-state index >= 15 is 0 Å². The highest BCUT2D eigenvalue weighted by Crippen LogP contribution is 2.26. The summed E-state index contributed by atoms with van der Waals surface area (Å²) in [6.45, 7) is 6.49. The van der Waals surface area contributed by atoms with Crippen LogP contribution in [0.4, 0.5) is 0 Å². The molecule has 0 radical (unpaired) electrons. The van der Waals surface area contributed by atoms with Gasteiger partial charge in [-0.25, -0.2) is 4.98 Å². The quantitative estimate of drug-likeness (QED) is 0.804. The lowest BCUT2D eigenvalue weighted by molar-refractivity contribution is 0.0922. The molecule has 0 aliphatic rings. The Morgan fingerprint density at radius 2 is 2.23 bits per heavy atom. The average Bonchev–Trinajstić information content (AvgIpc) is 3.14. The van der Waals surface area contributed by atoms with Crippen LogP contribution in [0.1, 0.15) is 34.6 Å². The molecular weight excluding hydrogens is 278 g/mol. The van der Waals surface area contributed by atoms with E-state index in [1.807, 2.05) is 49.7 Å². The molecule has 0 bridgehead atoms. The van der Waals surface area contributed by atoms with Crippen LogP contribution in [0.15, 0.2) is 41.3 Å². The highest BCUT2D eigenvalue weighted by Gasteiger charge is 2.18. The zero-order valence-corrected chi connectivity index (χ0v) is 13.0. The number of hydrogen-bond donors (Lipinski definition) is 1. The fourth-order valence-electron chi connectivity index (χ4n) is 2.51. The maximum Gasteiger partial charge on any atom is 0.287 e. The van der Waals surface area contributed by atoms with Gasteiger partial charge in [-0.15, -0.1) is 0 Å². The van der Waals surface area contributed by atoms with Crippen LogP contribution < -0.4 is 5.32 Å². The second-order valence-electron chi connectivity index (χ2n) is 5.62. The van der Waals surface area contributed by atoms with Crippen molar-refractivity contribution in [3.05, 3.63) is 53.8 Å². The molecule has 0 aliphatic carbocycles. The first-order valence-corrected chi connectivity index (χ1v) is 7.31. The van der Waals surface area contributed by atoms with E-state index in [1.165, 1.54) is 0 Å². The van der Waals surface area contributed by atoms with Crippen LogP contribution in [0.25, 0.3) is 11.0 Å². The van der Waals surface area contributed by atoms with E-state index in [0.717, 1.165) is 22.1 Å². The summed E-state index contributed by atoms with van der Waals surface area (Å²) in [6, 6.07) is 6.06. The van der Waals surface area contributed by atoms with E-state index in [2.05, 4.69) is 10.3 Å². The van der Waals surface area contributed by atoms with Crippen molar-refractivity contribution in [3.63, 3.8) is 0 Å². The van der Waals surface area contributed by atoms with E-state index in [4.69, 9.17) is 4.42 Å². The van der Waals surface area contributed by atoms with Crippen LogP contribution >= 0.6 is 0 Å². The van der Waals surface area contributed by atoms with Crippen molar-refractivity contribution in [2.24, 2.45) is 0 Å². The van der Waals surface area contributed by atoms with Gasteiger partial charge in [0.25, 0.3) is 5.91 Å². The zero-order valence-electron chi connectivity index (χ0n) is 13.0. The molecule has 2 heterocycles. The fourth-order valence-corrected chi connectivity index (χ4v) is 2.51. The van der Waals surface area contributed by atoms with Gasteiger partial charge >= 0.3 is 0 Å². The molecule has 1 N–H and O–H groups in total. The summed E-state index contributed by atoms with van der Waals surface area (Å²) < 4.78 is 7.66. The fraction of sp³-hybridized carbons (Fsp3) is 0.294. The number of carbonyl (C=O) groups is 1. The van der Waals surface area contributed by atoms with Gasteiger partial charge in [0.2, 0.25) is 0 Å². The van der Waals surface area contributed by atoms with Crippen molar-refractivity contribution in [3.8, 4) is 0 Å². The summed E-state index contributed by atoms with van der Waals surface area (Å²) in [6.07, 6.45) is 5.35. The number of aryl methyl sites for hydroxylation is 2. The van der Waals surface area contributed by atoms with E-state index in [0.29, 0.717) is 12.3 Å². The van der Waals surface area contributed by atoms with Crippen LogP contribution in [0.5, 0.6) is 0 Å². The number of hydrogen-bond acceptors (Lipinski definition) is 3. The molecular formula is C17H19N3O2. The molecule has 5 nitrogen and oxygen atoms in total. The molecule has 114 valence electrons. The Morgan fingerprint density at radius 3 is 2.95 bits per heavy atom. The predicted octanol–water partition coefficient (Wildman–Crippen LogP) is 3.24. The molecule has 0 saturated carbocycles. The number of furan rings is 1. The van der Waals surface area contributed by atoms with Gasteiger partial charge in [0.1, 0.15) is 5.58 Å². The molecule has 1 aromatic carbocycles. The molecule has 3 aromatic rings. The van der Waals surface area contributed by atoms with Crippen LogP contribution in [-0.2, 0) is 0 Å². The molecule has 0 unspecified atom stereocenters. The minimum atomic E-state index is -0.182. The minimum Gasteiger partial charge on any atom is -0.451 e. The van der Waals surface area contributed by atoms with Gasteiger partial charge in [-0.1, -0.05) is 11.6 Å². The molecule has 0 aliphatic heterocycles. The number of aromatic nitrogens is 2. The Hall–Kier alpha value is -2.56. The third kappa shape index (κ3) is 2.62. The van der Waals surface area contributed by atoms with Crippen molar-refractivity contribution < 1.29 is 9.21 Å². The number of nitrogens with zero attached hydrogens (tertiary/aromatic N) is 2. The second kappa shape index (κ2) is 5.67. The topological polar surface area (TPSA) is 60.1 Å². The van der Waals surface area contributed by atoms with Crippen molar-refractivity contribution in [1.29, 1.82) is 0 Å². The van der Waals surface area contributed by atoms with Gasteiger partial charge in [0, 0.05) is 35.9 Å². The van der Waals surface area contributed by atoms with Gasteiger partial charge in [-0.3, -0.25) is 4.79 Å². The average molecular weight is 297 g/mol. The number of amides is 1. The largest absolute Gasteiger partial charge is 0.451 e. The summed E-state index contributed by atoms with van der Waals surface area (Å²) in [7, 11) is 0. The molecule has 22 heavy (non-hydrogen) atoms. The number of rotatable bonds is 4. The Labute approximate surface area is 129 Å². The summed E-state index contributed by atoms with van der Waals surface area (Å²) in [5.74, 6) is 0.205. The molecule has 1 atom stereocenters. The Balaban J connectivity index is 1.76. The summed E-state index contributed by atoms with van der Waals surface area (Å²) in [4.78, 5) is 16.4. The number of imidazole rings is 1. The van der Waals surface area contributed by atoms with Crippen molar-refractivity contribution in [1.82, 2.24) is 14.9 Å². The first-order valence-electron chi connectivity index (χ1n) is 7.31. The summed E-state index contributed by atoms with van der Waals surface area (Å²) in [5, 5.41) is 3.92. The lowest BCUT2D eigenvalue weighted by atomic mass is 10.1. The van der Waals surface area contributed by atoms with Gasteiger partial charge < -0.3 is 14.3 Å². The third-order valence-electron chi connectivity index (χ3n) is 3.89. The number of carbonyl (C=O) groups excluding carboxylic acids is 1. The Morgan fingerprint density at radius 1 is 1.41 bits per heavy atom. The normalized spacial score (nSPS) is 12.5. The highest BCUT2D eigenvalue weighted by atomic mass is 16.3. The van der Waals surface area contributed by atoms with E-state index in [-0.39, 0.29) is 11.9 Å². The lowest BCUT2D eigenvalue weighted by Gasteiger charge is -2.13. The SMILES string of the molecule is Cc1ccc2oc(C(=O)NC[C@H](C)n3ccnc3)c(C)c2c1. The van der Waals surface area contributed by atoms with Crippen LogP contribution in [-0.4, -0.2) is 22.0 Å². The highest BCUT2D eigenvalue weighted by molar-refractivity contribution is 5.99. The van der Waals surface area contributed by atoms with Crippen LogP contribution in [0.2, 0.25) is 0 Å². The first-order chi connectivity index (χ1) is 10.6. The van der Waals surface area contributed by atoms with E-state index in [9.17, 15) is 4.79 Å². The van der Waals surface area contributed by atoms with Crippen LogP contribution in [0, 0.1) is 13.8 Å². The minimum absolute atomic E-state index is 0.137. The molecule has 2 aromatic heterocycles. The smallest absolute Gasteiger partial charge is 0.287 e. The van der Waals surface area contributed by atoms with Gasteiger partial charge in [0.15, 0.2) is 5.76 Å². The molecule has 5 heteroatoms. The van der Waals surface area contributed by atoms with Gasteiger partial charge in [0.05, 0.1) is 6.33 Å². The zero-order chi connectivity index (χ0) is 15.7. The molecule has 0 fully saturated rings. The summed E-state index contributed by atoms with van der Waals surface area (Å²) in [5.41, 5.74) is 2.78. The van der Waals surface area contributed by atoms with Crippen molar-refractivity contribution in [2.75, 3.05) is 6.54 Å². The maximum atomic E-state index is 12.4. The van der Waals surface area contributed by atoms with Gasteiger partial charge in [-0.2, -0.15) is 0 Å². The Bertz CT molecular complexity index is 803. The molecule has 0 saturated heterocycles. The lowest BCUT2D eigenvalue weighted by Crippen LogP contribution is -2.29. The molecule has 1 amide bonds. The van der Waals surface area contributed by atoms with Crippen molar-refractivity contribution in [2.45, 2.75) is 26.8 Å². The standard InChI is InChI=1S/C17H19N3O2/c1-11-4-5-15-14(8-11)13(3)16(22-15)17(21)19-9-12(2)20-7-6-18-10-20/h4-8,10,12H,9H2,1-3H3,(H,19,21)/t12-/m0/s1. The number of nitrogens with one attached hydrogen (secondary N) is 1. The first kappa shape index (κ1) is 14.4. The third-order valence-corrected chi connectivity index (χ3v) is 3.89. The molecule has 3 rings (SSSR count). The van der Waals surface area contributed by atoms with Gasteiger partial charge in [-0.05, 0) is 32.9 Å². The monoisotopic (exact) mass is 297 g/mol. The van der Waals surface area contributed by atoms with Crippen LogP contribution in [0.3, 0.4) is 0 Å². The number of benzene rings is 1. The predicted molar refractivity (Wildman–Crippen MR) is 85.0 cm³/mol. The number of fused-ring (bicyclic) bond motifs is 1.